The fraction of sp³-hybridized carbons (Fsp3) is 0.412. The predicted molar refractivity (Wildman–Crippen MR) is 89.7 cm³/mol. The van der Waals surface area contributed by atoms with Crippen LogP contribution in [0.4, 0.5) is 5.95 Å². The normalized spacial score (nSPS) is 20.5. The van der Waals surface area contributed by atoms with Crippen LogP contribution in [0, 0.1) is 12.8 Å². The summed E-state index contributed by atoms with van der Waals surface area (Å²) in [7, 11) is 0. The molecule has 1 aromatic carbocycles. The van der Waals surface area contributed by atoms with Gasteiger partial charge in [-0.3, -0.25) is 14.9 Å². The average Bonchev–Trinajstić information content (AvgIpc) is 2.95. The lowest BCUT2D eigenvalue weighted by atomic mass is 9.90. The van der Waals surface area contributed by atoms with Crippen LogP contribution < -0.4 is 10.6 Å². The second kappa shape index (κ2) is 6.82. The van der Waals surface area contributed by atoms with Crippen LogP contribution in [0.15, 0.2) is 30.3 Å². The molecule has 0 saturated carbocycles. The minimum atomic E-state index is -0.343. The van der Waals surface area contributed by atoms with Crippen LogP contribution in [0.5, 0.6) is 0 Å². The maximum Gasteiger partial charge on any atom is 0.233 e. The smallest absolute Gasteiger partial charge is 0.233 e. The van der Waals surface area contributed by atoms with Gasteiger partial charge in [-0.05, 0) is 31.9 Å². The summed E-state index contributed by atoms with van der Waals surface area (Å²) in [6.07, 6.45) is 1.67. The number of hydrogen-bond acceptors (Lipinski definition) is 4. The molecule has 2 atom stereocenters. The molecule has 0 aliphatic carbocycles. The lowest BCUT2D eigenvalue weighted by molar-refractivity contribution is -0.130. The first-order valence-corrected chi connectivity index (χ1v) is 8.16. The van der Waals surface area contributed by atoms with Gasteiger partial charge < -0.3 is 5.32 Å². The quantitative estimate of drug-likeness (QED) is 0.896. The number of nitrogens with one attached hydrogen (secondary N) is 2. The first kappa shape index (κ1) is 16.2. The van der Waals surface area contributed by atoms with E-state index in [0.717, 1.165) is 12.1 Å². The number of nitrogens with zero attached hydrogens (tertiary/aromatic N) is 3. The zero-order chi connectivity index (χ0) is 17.1. The molecular weight excluding hydrogens is 306 g/mol. The third-order valence-electron chi connectivity index (χ3n) is 4.18. The number of anilines is 1. The van der Waals surface area contributed by atoms with E-state index in [4.69, 9.17) is 0 Å². The van der Waals surface area contributed by atoms with Crippen LogP contribution in [0.2, 0.25) is 0 Å². The molecule has 1 fully saturated rings. The van der Waals surface area contributed by atoms with Crippen molar-refractivity contribution in [3.63, 3.8) is 0 Å². The fourth-order valence-electron chi connectivity index (χ4n) is 2.92. The van der Waals surface area contributed by atoms with E-state index < -0.39 is 0 Å². The number of para-hydroxylation sites is 1. The van der Waals surface area contributed by atoms with Crippen molar-refractivity contribution in [2.24, 2.45) is 5.92 Å². The topological polar surface area (TPSA) is 88.9 Å². The van der Waals surface area contributed by atoms with Crippen molar-refractivity contribution in [1.82, 2.24) is 20.1 Å². The molecule has 1 aromatic heterocycles. The van der Waals surface area contributed by atoms with E-state index in [1.165, 1.54) is 0 Å². The number of piperidine rings is 1. The van der Waals surface area contributed by atoms with Crippen molar-refractivity contribution < 1.29 is 9.59 Å². The Kier molecular flexibility index (Phi) is 4.59. The summed E-state index contributed by atoms with van der Waals surface area (Å²) < 4.78 is 1.60. The number of aryl methyl sites for hydroxylation is 1. The number of benzene rings is 1. The van der Waals surface area contributed by atoms with Crippen LogP contribution in [-0.2, 0) is 9.59 Å². The number of hydrogen-bond donors (Lipinski definition) is 2. The molecule has 2 heterocycles. The van der Waals surface area contributed by atoms with Gasteiger partial charge in [-0.25, -0.2) is 0 Å². The van der Waals surface area contributed by atoms with Crippen LogP contribution in [0.25, 0.3) is 5.69 Å². The van der Waals surface area contributed by atoms with E-state index in [9.17, 15) is 9.59 Å². The van der Waals surface area contributed by atoms with E-state index >= 15 is 0 Å². The minimum absolute atomic E-state index is 0.0516. The Labute approximate surface area is 140 Å². The molecule has 1 aliphatic heterocycles. The van der Waals surface area contributed by atoms with Crippen molar-refractivity contribution in [3.05, 3.63) is 36.2 Å². The van der Waals surface area contributed by atoms with Gasteiger partial charge in [-0.2, -0.15) is 9.67 Å². The second-order valence-electron chi connectivity index (χ2n) is 6.03. The van der Waals surface area contributed by atoms with Gasteiger partial charge >= 0.3 is 0 Å². The molecule has 3 rings (SSSR count). The molecule has 24 heavy (non-hydrogen) atoms. The van der Waals surface area contributed by atoms with Gasteiger partial charge in [-0.15, -0.1) is 5.10 Å². The summed E-state index contributed by atoms with van der Waals surface area (Å²) in [5, 5.41) is 10.1. The van der Waals surface area contributed by atoms with Crippen molar-refractivity contribution in [2.45, 2.75) is 39.2 Å². The molecule has 0 bridgehead atoms. The van der Waals surface area contributed by atoms with Crippen LogP contribution >= 0.6 is 0 Å². The lowest BCUT2D eigenvalue weighted by Gasteiger charge is -2.28. The summed E-state index contributed by atoms with van der Waals surface area (Å²) in [6.45, 7) is 3.77. The molecule has 0 spiro atoms. The highest BCUT2D eigenvalue weighted by Crippen LogP contribution is 2.21. The Balaban J connectivity index is 1.79. The van der Waals surface area contributed by atoms with E-state index in [0.29, 0.717) is 18.2 Å². The Morgan fingerprint density at radius 2 is 2.12 bits per heavy atom. The van der Waals surface area contributed by atoms with E-state index in [2.05, 4.69) is 20.7 Å². The third-order valence-corrected chi connectivity index (χ3v) is 4.18. The lowest BCUT2D eigenvalue weighted by Crippen LogP contribution is -2.45. The van der Waals surface area contributed by atoms with Crippen molar-refractivity contribution in [2.75, 3.05) is 5.32 Å². The first-order chi connectivity index (χ1) is 11.6. The molecule has 2 aromatic rings. The number of rotatable bonds is 4. The van der Waals surface area contributed by atoms with Crippen molar-refractivity contribution in [1.29, 1.82) is 0 Å². The molecule has 0 radical (unpaired) electrons. The van der Waals surface area contributed by atoms with Gasteiger partial charge in [0.05, 0.1) is 5.69 Å². The maximum atomic E-state index is 12.6. The highest BCUT2D eigenvalue weighted by Gasteiger charge is 2.31. The Morgan fingerprint density at radius 1 is 1.38 bits per heavy atom. The molecule has 2 amide bonds. The van der Waals surface area contributed by atoms with Crippen LogP contribution in [0.3, 0.4) is 0 Å². The molecule has 7 nitrogen and oxygen atoms in total. The van der Waals surface area contributed by atoms with Gasteiger partial charge in [0.25, 0.3) is 0 Å². The third kappa shape index (κ3) is 3.45. The predicted octanol–water partition coefficient (Wildman–Crippen LogP) is 1.82. The summed E-state index contributed by atoms with van der Waals surface area (Å²) in [4.78, 5) is 28.7. The highest BCUT2D eigenvalue weighted by molar-refractivity contribution is 5.95. The maximum absolute atomic E-state index is 12.6. The monoisotopic (exact) mass is 327 g/mol. The van der Waals surface area contributed by atoms with Crippen molar-refractivity contribution >= 4 is 17.8 Å². The molecule has 0 unspecified atom stereocenters. The van der Waals surface area contributed by atoms with Gasteiger partial charge in [0, 0.05) is 18.4 Å². The number of carbonyl (C=O) groups excluding carboxylic acids is 2. The Bertz CT molecular complexity index is 741. The summed E-state index contributed by atoms with van der Waals surface area (Å²) >= 11 is 0. The second-order valence-corrected chi connectivity index (χ2v) is 6.03. The SMILES string of the molecule is CC[C@@H]1C[C@H](C(=O)Nc2nc(C)nn2-c2ccccc2)CC(=O)N1. The molecule has 1 aliphatic rings. The molecule has 7 heteroatoms. The van der Waals surface area contributed by atoms with E-state index in [1.54, 1.807) is 11.6 Å². The number of carbonyl (C=O) groups is 2. The summed E-state index contributed by atoms with van der Waals surface area (Å²) in [5.41, 5.74) is 0.821. The molecule has 126 valence electrons. The Hall–Kier alpha value is -2.70. The van der Waals surface area contributed by atoms with Gasteiger partial charge in [0.15, 0.2) is 0 Å². The van der Waals surface area contributed by atoms with Crippen LogP contribution in [-0.4, -0.2) is 32.6 Å². The largest absolute Gasteiger partial charge is 0.353 e. The highest BCUT2D eigenvalue weighted by atomic mass is 16.2. The fourth-order valence-corrected chi connectivity index (χ4v) is 2.92. The summed E-state index contributed by atoms with van der Waals surface area (Å²) in [5.74, 6) is 0.344. The van der Waals surface area contributed by atoms with Gasteiger partial charge in [0.2, 0.25) is 17.8 Å². The minimum Gasteiger partial charge on any atom is -0.353 e. The zero-order valence-electron chi connectivity index (χ0n) is 13.8. The molecular formula is C17H21N5O2. The van der Waals surface area contributed by atoms with Gasteiger partial charge in [0.1, 0.15) is 5.82 Å². The Morgan fingerprint density at radius 3 is 2.83 bits per heavy atom. The molecule has 2 N–H and O–H groups in total. The van der Waals surface area contributed by atoms with Crippen molar-refractivity contribution in [3.8, 4) is 5.69 Å². The zero-order valence-corrected chi connectivity index (χ0v) is 13.8. The van der Waals surface area contributed by atoms with E-state index in [-0.39, 0.29) is 30.2 Å². The first-order valence-electron chi connectivity index (χ1n) is 8.16. The average molecular weight is 327 g/mol. The van der Waals surface area contributed by atoms with Gasteiger partial charge in [-0.1, -0.05) is 25.1 Å². The summed E-state index contributed by atoms with van der Waals surface area (Å²) in [6, 6.07) is 9.55. The molecule has 1 saturated heterocycles. The standard InChI is InChI=1S/C17H21N5O2/c1-3-13-9-12(10-15(23)19-13)16(24)20-17-18-11(2)21-22(17)14-7-5-4-6-8-14/h4-8,12-13H,3,9-10H2,1-2H3,(H,19,23)(H,18,20,21,24)/t12-,13+/m0/s1. The van der Waals surface area contributed by atoms with Crippen LogP contribution in [0.1, 0.15) is 32.0 Å². The number of aromatic nitrogens is 3. The van der Waals surface area contributed by atoms with E-state index in [1.807, 2.05) is 37.3 Å². The number of amides is 2.